The normalized spacial score (nSPS) is 11.7. The molecule has 0 nitrogen and oxygen atoms in total. The van der Waals surface area contributed by atoms with Gasteiger partial charge in [0, 0.05) is 0 Å². The summed E-state index contributed by atoms with van der Waals surface area (Å²) in [4.78, 5) is 0. The Morgan fingerprint density at radius 1 is 0.531 bits per heavy atom. The molecule has 0 heterocycles. The lowest BCUT2D eigenvalue weighted by atomic mass is 10.0. The van der Waals surface area contributed by atoms with Crippen LogP contribution in [0.5, 0.6) is 0 Å². The highest BCUT2D eigenvalue weighted by Gasteiger charge is 2.39. The maximum absolute atomic E-state index is 7.95. The van der Waals surface area contributed by atoms with Crippen LogP contribution in [-0.4, -0.2) is 7.38 Å². The Morgan fingerprint density at radius 2 is 0.875 bits per heavy atom. The summed E-state index contributed by atoms with van der Waals surface area (Å²) < 4.78 is 0. The summed E-state index contributed by atoms with van der Waals surface area (Å²) in [7, 11) is -2.67. The third kappa shape index (κ3) is 5.74. The van der Waals surface area contributed by atoms with Gasteiger partial charge in [0.25, 0.3) is 0 Å². The molecular formula is C30H39ClSi. The van der Waals surface area contributed by atoms with Crippen LogP contribution in [0.4, 0.5) is 0 Å². The highest BCUT2D eigenvalue weighted by atomic mass is 35.6. The van der Waals surface area contributed by atoms with Crippen LogP contribution in [0.1, 0.15) is 72.9 Å². The number of hydrogen-bond donors (Lipinski definition) is 0. The quantitative estimate of drug-likeness (QED) is 0.186. The van der Waals surface area contributed by atoms with E-state index in [-0.39, 0.29) is 0 Å². The molecule has 3 aromatic carbocycles. The summed E-state index contributed by atoms with van der Waals surface area (Å²) in [5.41, 5.74) is 8.04. The second-order valence-electron chi connectivity index (χ2n) is 9.66. The SMILES string of the molecule is CCCCc1cc(CCCC)cc([Si](Cl)(c2cc(C)cc(C)c2)c2cc(C)cc(C)c2)c1. The molecule has 0 atom stereocenters. The van der Waals surface area contributed by atoms with E-state index in [4.69, 9.17) is 11.1 Å². The van der Waals surface area contributed by atoms with E-state index in [9.17, 15) is 0 Å². The van der Waals surface area contributed by atoms with Crippen LogP contribution < -0.4 is 15.6 Å². The van der Waals surface area contributed by atoms with Crippen LogP contribution in [0.3, 0.4) is 0 Å². The Balaban J connectivity index is 2.29. The van der Waals surface area contributed by atoms with Crippen LogP contribution in [0.25, 0.3) is 0 Å². The van der Waals surface area contributed by atoms with E-state index in [1.54, 1.807) is 0 Å². The van der Waals surface area contributed by atoms with E-state index in [1.165, 1.54) is 74.6 Å². The van der Waals surface area contributed by atoms with Crippen molar-refractivity contribution >= 4 is 34.0 Å². The zero-order valence-electron chi connectivity index (χ0n) is 20.8. The summed E-state index contributed by atoms with van der Waals surface area (Å²) in [6, 6.07) is 21.1. The van der Waals surface area contributed by atoms with Gasteiger partial charge in [-0.3, -0.25) is 0 Å². The molecule has 0 aromatic heterocycles. The lowest BCUT2D eigenvalue weighted by Gasteiger charge is -2.29. The van der Waals surface area contributed by atoms with Gasteiger partial charge in [-0.05, 0) is 80.1 Å². The Labute approximate surface area is 201 Å². The van der Waals surface area contributed by atoms with Gasteiger partial charge in [-0.25, -0.2) is 0 Å². The first kappa shape index (κ1) is 24.8. The van der Waals surface area contributed by atoms with Crippen molar-refractivity contribution in [2.75, 3.05) is 0 Å². The highest BCUT2D eigenvalue weighted by molar-refractivity contribution is 7.40. The Bertz CT molecular complexity index is 948. The minimum Gasteiger partial charge on any atom is -0.149 e. The van der Waals surface area contributed by atoms with Crippen LogP contribution in [0.2, 0.25) is 0 Å². The molecule has 0 fully saturated rings. The van der Waals surface area contributed by atoms with Crippen molar-refractivity contribution in [3.63, 3.8) is 0 Å². The monoisotopic (exact) mass is 462 g/mol. The van der Waals surface area contributed by atoms with Crippen molar-refractivity contribution in [1.82, 2.24) is 0 Å². The predicted molar refractivity (Wildman–Crippen MR) is 146 cm³/mol. The minimum absolute atomic E-state index is 1.13. The fourth-order valence-electron chi connectivity index (χ4n) is 4.86. The molecule has 0 spiro atoms. The van der Waals surface area contributed by atoms with Crippen molar-refractivity contribution in [1.29, 1.82) is 0 Å². The molecule has 0 N–H and O–H groups in total. The molecule has 0 aliphatic rings. The van der Waals surface area contributed by atoms with E-state index in [0.29, 0.717) is 0 Å². The maximum atomic E-state index is 7.95. The van der Waals surface area contributed by atoms with Crippen molar-refractivity contribution in [3.05, 3.63) is 88.0 Å². The van der Waals surface area contributed by atoms with Crippen LogP contribution in [0, 0.1) is 27.7 Å². The van der Waals surface area contributed by atoms with Crippen molar-refractivity contribution in [3.8, 4) is 0 Å². The summed E-state index contributed by atoms with van der Waals surface area (Å²) in [6.45, 7) is 13.3. The predicted octanol–water partition coefficient (Wildman–Crippen LogP) is 6.81. The first-order valence-electron chi connectivity index (χ1n) is 12.3. The minimum atomic E-state index is -2.67. The molecule has 2 heteroatoms. The number of hydrogen-bond acceptors (Lipinski definition) is 0. The molecule has 3 rings (SSSR count). The van der Waals surface area contributed by atoms with Gasteiger partial charge in [0.15, 0.2) is 0 Å². The molecule has 0 amide bonds. The second-order valence-corrected chi connectivity index (χ2v) is 14.4. The van der Waals surface area contributed by atoms with Gasteiger partial charge in [-0.15, -0.1) is 11.1 Å². The standard InChI is InChI=1S/C30H39ClSi/c1-7-9-11-26-19-27(12-10-8-2)21-30(20-26)32(31,28-15-22(3)13-23(4)16-28)29-17-24(5)14-25(6)18-29/h13-21H,7-12H2,1-6H3. The van der Waals surface area contributed by atoms with E-state index < -0.39 is 7.38 Å². The zero-order valence-corrected chi connectivity index (χ0v) is 22.6. The summed E-state index contributed by atoms with van der Waals surface area (Å²) >= 11 is 7.95. The van der Waals surface area contributed by atoms with Gasteiger partial charge < -0.3 is 0 Å². The average molecular weight is 463 g/mol. The van der Waals surface area contributed by atoms with Gasteiger partial charge in [0.05, 0.1) is 0 Å². The topological polar surface area (TPSA) is 0 Å². The molecule has 0 aliphatic heterocycles. The molecule has 0 radical (unpaired) electrons. The molecule has 0 aliphatic carbocycles. The van der Waals surface area contributed by atoms with Crippen LogP contribution in [-0.2, 0) is 12.8 Å². The molecule has 0 saturated carbocycles. The van der Waals surface area contributed by atoms with Crippen molar-refractivity contribution in [2.45, 2.75) is 80.1 Å². The molecular weight excluding hydrogens is 424 g/mol. The molecule has 0 saturated heterocycles. The lowest BCUT2D eigenvalue weighted by Crippen LogP contribution is -2.63. The Morgan fingerprint density at radius 3 is 1.22 bits per heavy atom. The lowest BCUT2D eigenvalue weighted by molar-refractivity contribution is 0.781. The molecule has 0 bridgehead atoms. The van der Waals surface area contributed by atoms with Gasteiger partial charge in [0.2, 0.25) is 7.38 Å². The van der Waals surface area contributed by atoms with Crippen LogP contribution in [0.15, 0.2) is 54.6 Å². The first-order chi connectivity index (χ1) is 15.3. The van der Waals surface area contributed by atoms with E-state index in [2.05, 4.69) is 96.1 Å². The zero-order chi connectivity index (χ0) is 23.3. The summed E-state index contributed by atoms with van der Waals surface area (Å²) in [5.74, 6) is 0. The van der Waals surface area contributed by atoms with E-state index in [0.717, 1.165) is 12.8 Å². The number of aryl methyl sites for hydroxylation is 6. The summed E-state index contributed by atoms with van der Waals surface area (Å²) in [6.07, 6.45) is 7.13. The summed E-state index contributed by atoms with van der Waals surface area (Å²) in [5, 5.41) is 3.94. The maximum Gasteiger partial charge on any atom is 0.247 e. The average Bonchev–Trinajstić information content (AvgIpc) is 2.74. The molecule has 0 unspecified atom stereocenters. The largest absolute Gasteiger partial charge is 0.247 e. The third-order valence-electron chi connectivity index (χ3n) is 6.33. The van der Waals surface area contributed by atoms with Gasteiger partial charge in [-0.2, -0.15) is 0 Å². The van der Waals surface area contributed by atoms with Crippen LogP contribution >= 0.6 is 11.1 Å². The fraction of sp³-hybridized carbons (Fsp3) is 0.400. The number of rotatable bonds is 9. The van der Waals surface area contributed by atoms with E-state index >= 15 is 0 Å². The van der Waals surface area contributed by atoms with Gasteiger partial charge in [-0.1, -0.05) is 104 Å². The number of benzene rings is 3. The highest BCUT2D eigenvalue weighted by Crippen LogP contribution is 2.19. The van der Waals surface area contributed by atoms with Gasteiger partial charge in [0.1, 0.15) is 0 Å². The number of halogens is 1. The van der Waals surface area contributed by atoms with Crippen molar-refractivity contribution < 1.29 is 0 Å². The third-order valence-corrected chi connectivity index (χ3v) is 11.5. The van der Waals surface area contributed by atoms with Gasteiger partial charge >= 0.3 is 0 Å². The Hall–Kier alpha value is -1.83. The smallest absolute Gasteiger partial charge is 0.149 e. The first-order valence-corrected chi connectivity index (χ1v) is 15.3. The molecule has 3 aromatic rings. The van der Waals surface area contributed by atoms with E-state index in [1.807, 2.05) is 0 Å². The van der Waals surface area contributed by atoms with Crippen molar-refractivity contribution in [2.24, 2.45) is 0 Å². The molecule has 170 valence electrons. The fourth-order valence-corrected chi connectivity index (χ4v) is 9.32. The number of unbranched alkanes of at least 4 members (excludes halogenated alkanes) is 2. The second kappa shape index (κ2) is 10.9. The Kier molecular flexibility index (Phi) is 8.41. The molecule has 32 heavy (non-hydrogen) atoms.